The van der Waals surface area contributed by atoms with Crippen molar-refractivity contribution in [1.82, 2.24) is 19.9 Å². The van der Waals surface area contributed by atoms with Crippen molar-refractivity contribution in [2.45, 2.75) is 17.8 Å². The molecule has 0 aliphatic carbocycles. The Morgan fingerprint density at radius 2 is 2.00 bits per heavy atom. The maximum Gasteiger partial charge on any atom is 0.166 e. The van der Waals surface area contributed by atoms with Gasteiger partial charge < -0.3 is 19.5 Å². The molecule has 1 saturated heterocycles. The highest BCUT2D eigenvalue weighted by molar-refractivity contribution is 7.98. The second-order valence-electron chi connectivity index (χ2n) is 6.91. The monoisotopic (exact) mass is 383 g/mol. The summed E-state index contributed by atoms with van der Waals surface area (Å²) in [6.07, 6.45) is 1.79. The van der Waals surface area contributed by atoms with E-state index in [1.807, 2.05) is 13.0 Å². The van der Waals surface area contributed by atoms with E-state index in [4.69, 9.17) is 9.72 Å². The molecule has 1 N–H and O–H groups in total. The fourth-order valence-corrected chi connectivity index (χ4v) is 4.28. The van der Waals surface area contributed by atoms with Gasteiger partial charge in [-0.3, -0.25) is 4.98 Å². The third kappa shape index (κ3) is 3.89. The summed E-state index contributed by atoms with van der Waals surface area (Å²) >= 11 is 1.67. The third-order valence-electron chi connectivity index (χ3n) is 5.14. The van der Waals surface area contributed by atoms with Crippen LogP contribution in [0.3, 0.4) is 0 Å². The Balaban J connectivity index is 1.49. The van der Waals surface area contributed by atoms with Crippen LogP contribution in [-0.4, -0.2) is 60.2 Å². The summed E-state index contributed by atoms with van der Waals surface area (Å²) in [5.41, 5.74) is 5.47. The van der Waals surface area contributed by atoms with E-state index in [1.54, 1.807) is 25.1 Å². The van der Waals surface area contributed by atoms with Crippen LogP contribution in [0.1, 0.15) is 11.3 Å². The van der Waals surface area contributed by atoms with Gasteiger partial charge in [0.05, 0.1) is 23.8 Å². The van der Waals surface area contributed by atoms with Gasteiger partial charge in [-0.05, 0) is 38.2 Å². The third-order valence-corrected chi connectivity index (χ3v) is 6.02. The van der Waals surface area contributed by atoms with Gasteiger partial charge in [-0.15, -0.1) is 0 Å². The normalized spacial score (nSPS) is 15.4. The molecule has 2 aromatic heterocycles. The van der Waals surface area contributed by atoms with E-state index in [-0.39, 0.29) is 0 Å². The molecule has 3 aromatic rings. The molecule has 0 saturated carbocycles. The van der Waals surface area contributed by atoms with Crippen LogP contribution < -0.4 is 9.64 Å². The van der Waals surface area contributed by atoms with Gasteiger partial charge in [0.2, 0.25) is 0 Å². The Hall–Kier alpha value is -2.25. The number of pyridine rings is 1. The van der Waals surface area contributed by atoms with Crippen molar-refractivity contribution < 1.29 is 4.74 Å². The van der Waals surface area contributed by atoms with Gasteiger partial charge >= 0.3 is 0 Å². The molecular weight excluding hydrogens is 358 g/mol. The average Bonchev–Trinajstić information content (AvgIpc) is 3.10. The highest BCUT2D eigenvalue weighted by atomic mass is 32.2. The number of likely N-dealkylation sites (N-methyl/N-ethyl adjacent to an activating group) is 1. The lowest BCUT2D eigenvalue weighted by Gasteiger charge is -2.34. The first-order valence-corrected chi connectivity index (χ1v) is 10.2. The smallest absolute Gasteiger partial charge is 0.166 e. The minimum Gasteiger partial charge on any atom is -0.496 e. The zero-order valence-corrected chi connectivity index (χ0v) is 16.8. The van der Waals surface area contributed by atoms with Gasteiger partial charge in [0.1, 0.15) is 5.75 Å². The van der Waals surface area contributed by atoms with Crippen LogP contribution in [0.15, 0.2) is 35.6 Å². The van der Waals surface area contributed by atoms with E-state index in [1.165, 1.54) is 5.69 Å². The molecule has 0 bridgehead atoms. The lowest BCUT2D eigenvalue weighted by Crippen LogP contribution is -2.44. The molecule has 7 heteroatoms. The van der Waals surface area contributed by atoms with Crippen molar-refractivity contribution in [3.8, 4) is 5.75 Å². The van der Waals surface area contributed by atoms with Crippen LogP contribution in [-0.2, 0) is 5.75 Å². The molecule has 6 nitrogen and oxygen atoms in total. The lowest BCUT2D eigenvalue weighted by atomic mass is 10.2. The van der Waals surface area contributed by atoms with Gasteiger partial charge in [0.15, 0.2) is 5.16 Å². The van der Waals surface area contributed by atoms with Crippen LogP contribution in [0.2, 0.25) is 0 Å². The number of thioether (sulfide) groups is 1. The number of nitrogens with one attached hydrogen (secondary N) is 1. The number of fused-ring (bicyclic) bond motifs is 1. The van der Waals surface area contributed by atoms with E-state index in [0.29, 0.717) is 0 Å². The molecule has 3 heterocycles. The van der Waals surface area contributed by atoms with Gasteiger partial charge in [-0.25, -0.2) is 4.98 Å². The van der Waals surface area contributed by atoms with E-state index >= 15 is 0 Å². The van der Waals surface area contributed by atoms with Crippen molar-refractivity contribution in [3.63, 3.8) is 0 Å². The molecule has 0 radical (unpaired) electrons. The van der Waals surface area contributed by atoms with Crippen molar-refractivity contribution in [2.24, 2.45) is 0 Å². The molecule has 1 aliphatic rings. The van der Waals surface area contributed by atoms with Gasteiger partial charge in [-0.2, -0.15) is 0 Å². The summed E-state index contributed by atoms with van der Waals surface area (Å²) in [5.74, 6) is 1.63. The lowest BCUT2D eigenvalue weighted by molar-refractivity contribution is 0.313. The van der Waals surface area contributed by atoms with Crippen LogP contribution >= 0.6 is 11.8 Å². The molecule has 0 atom stereocenters. The number of nitrogens with zero attached hydrogens (tertiary/aromatic N) is 4. The minimum atomic E-state index is 0.758. The molecule has 27 heavy (non-hydrogen) atoms. The number of piperazine rings is 1. The fourth-order valence-electron chi connectivity index (χ4n) is 3.37. The maximum atomic E-state index is 5.38. The van der Waals surface area contributed by atoms with Crippen molar-refractivity contribution in [2.75, 3.05) is 45.2 Å². The number of rotatable bonds is 5. The molecule has 1 fully saturated rings. The van der Waals surface area contributed by atoms with Gasteiger partial charge in [0, 0.05) is 49.4 Å². The summed E-state index contributed by atoms with van der Waals surface area (Å²) in [6, 6.07) is 8.40. The Morgan fingerprint density at radius 3 is 2.78 bits per heavy atom. The number of imidazole rings is 1. The molecule has 0 unspecified atom stereocenters. The van der Waals surface area contributed by atoms with Crippen molar-refractivity contribution in [1.29, 1.82) is 0 Å². The molecule has 1 aromatic carbocycles. The summed E-state index contributed by atoms with van der Waals surface area (Å²) in [4.78, 5) is 17.5. The number of anilines is 1. The Kier molecular flexibility index (Phi) is 5.22. The van der Waals surface area contributed by atoms with Crippen LogP contribution in [0.4, 0.5) is 5.69 Å². The summed E-state index contributed by atoms with van der Waals surface area (Å²) in [5, 5.41) is 0.921. The second kappa shape index (κ2) is 7.78. The number of benzene rings is 1. The van der Waals surface area contributed by atoms with Crippen molar-refractivity contribution in [3.05, 3.63) is 41.7 Å². The Labute approximate surface area is 163 Å². The van der Waals surface area contributed by atoms with Gasteiger partial charge in [0.25, 0.3) is 0 Å². The Bertz CT molecular complexity index is 933. The Morgan fingerprint density at radius 1 is 1.19 bits per heavy atom. The number of ether oxygens (including phenoxy) is 1. The standard InChI is InChI=1S/C20H25N5OS/c1-14-18(21-7-6-19(14)26-3)13-27-20-22-16-5-4-15(12-17(16)23-20)25-10-8-24(2)9-11-25/h4-7,12H,8-11,13H2,1-3H3,(H,22,23). The molecule has 142 valence electrons. The number of aromatic amines is 1. The first-order valence-electron chi connectivity index (χ1n) is 9.18. The summed E-state index contributed by atoms with van der Waals surface area (Å²) < 4.78 is 5.38. The highest BCUT2D eigenvalue weighted by Crippen LogP contribution is 2.28. The molecule has 0 amide bonds. The van der Waals surface area contributed by atoms with E-state index in [0.717, 1.165) is 65.1 Å². The predicted octanol–water partition coefficient (Wildman–Crippen LogP) is 3.32. The SMILES string of the molecule is COc1ccnc(CSc2nc3ccc(N4CCN(C)CC4)cc3[nH]2)c1C. The quantitative estimate of drug-likeness (QED) is 0.682. The number of H-pyrrole nitrogens is 1. The number of methoxy groups -OCH3 is 1. The zero-order valence-electron chi connectivity index (χ0n) is 16.0. The van der Waals surface area contributed by atoms with E-state index in [9.17, 15) is 0 Å². The van der Waals surface area contributed by atoms with Crippen LogP contribution in [0, 0.1) is 6.92 Å². The zero-order chi connectivity index (χ0) is 18.8. The fraction of sp³-hybridized carbons (Fsp3) is 0.400. The van der Waals surface area contributed by atoms with Crippen LogP contribution in [0.25, 0.3) is 11.0 Å². The van der Waals surface area contributed by atoms with Gasteiger partial charge in [-0.1, -0.05) is 11.8 Å². The molecule has 4 rings (SSSR count). The number of aromatic nitrogens is 3. The summed E-state index contributed by atoms with van der Waals surface area (Å²) in [6.45, 7) is 6.39. The maximum absolute atomic E-state index is 5.38. The molecular formula is C20H25N5OS. The second-order valence-corrected chi connectivity index (χ2v) is 7.87. The first-order chi connectivity index (χ1) is 13.1. The van der Waals surface area contributed by atoms with E-state index in [2.05, 4.69) is 45.0 Å². The molecule has 0 spiro atoms. The largest absolute Gasteiger partial charge is 0.496 e. The average molecular weight is 384 g/mol. The van der Waals surface area contributed by atoms with E-state index < -0.39 is 0 Å². The van der Waals surface area contributed by atoms with Crippen LogP contribution in [0.5, 0.6) is 5.75 Å². The molecule has 1 aliphatic heterocycles. The number of hydrogen-bond acceptors (Lipinski definition) is 6. The summed E-state index contributed by atoms with van der Waals surface area (Å²) in [7, 11) is 3.87. The minimum absolute atomic E-state index is 0.758. The predicted molar refractivity (Wildman–Crippen MR) is 111 cm³/mol. The topological polar surface area (TPSA) is 57.3 Å². The number of hydrogen-bond donors (Lipinski definition) is 1. The highest BCUT2D eigenvalue weighted by Gasteiger charge is 2.15. The first kappa shape index (κ1) is 18.1. The van der Waals surface area contributed by atoms with Crippen molar-refractivity contribution >= 4 is 28.5 Å².